The molecule has 3 aromatic rings. The van der Waals surface area contributed by atoms with Crippen LogP contribution < -0.4 is 5.32 Å². The van der Waals surface area contributed by atoms with Crippen LogP contribution in [0.15, 0.2) is 61.4 Å². The Morgan fingerprint density at radius 1 is 1.03 bits per heavy atom. The molecular weight excluding hydrogens is 400 g/mol. The van der Waals surface area contributed by atoms with Crippen molar-refractivity contribution in [3.05, 3.63) is 82.7 Å². The summed E-state index contributed by atoms with van der Waals surface area (Å²) in [4.78, 5) is 45.8. The zero-order chi connectivity index (χ0) is 21.8. The summed E-state index contributed by atoms with van der Waals surface area (Å²) in [5.41, 5.74) is 0.957. The van der Waals surface area contributed by atoms with E-state index in [0.717, 1.165) is 0 Å². The van der Waals surface area contributed by atoms with Crippen molar-refractivity contribution in [3.63, 3.8) is 0 Å². The molecule has 158 valence electrons. The number of nitro benzene ring substituents is 1. The van der Waals surface area contributed by atoms with Crippen LogP contribution in [-0.2, 0) is 0 Å². The summed E-state index contributed by atoms with van der Waals surface area (Å²) in [6, 6.07) is 7.60. The van der Waals surface area contributed by atoms with Gasteiger partial charge in [-0.1, -0.05) is 0 Å². The van der Waals surface area contributed by atoms with Gasteiger partial charge < -0.3 is 14.8 Å². The van der Waals surface area contributed by atoms with Crippen molar-refractivity contribution in [2.45, 2.75) is 18.9 Å². The summed E-state index contributed by atoms with van der Waals surface area (Å²) in [5.74, 6) is -0.433. The standard InChI is InChI=1S/C21H20N6O4/c28-20(16-1-2-18(19(13-16)27(30)31)26-12-9-23-14-26)24-17-5-10-25(11-6-17)21(29)15-3-7-22-8-4-15/h1-4,7-9,12-14,17H,5-6,10-11H2,(H,24,28). The minimum absolute atomic E-state index is 0.0575. The number of amides is 2. The van der Waals surface area contributed by atoms with E-state index in [0.29, 0.717) is 37.2 Å². The molecule has 31 heavy (non-hydrogen) atoms. The normalized spacial score (nSPS) is 14.3. The number of nitrogens with one attached hydrogen (secondary N) is 1. The molecule has 1 aliphatic heterocycles. The Hall–Kier alpha value is -4.08. The van der Waals surface area contributed by atoms with E-state index in [2.05, 4.69) is 15.3 Å². The number of nitrogens with zero attached hydrogens (tertiary/aromatic N) is 5. The topological polar surface area (TPSA) is 123 Å². The number of piperidine rings is 1. The first kappa shape index (κ1) is 20.2. The fourth-order valence-electron chi connectivity index (χ4n) is 3.60. The van der Waals surface area contributed by atoms with Gasteiger partial charge in [0.25, 0.3) is 17.5 Å². The van der Waals surface area contributed by atoms with Crippen molar-refractivity contribution in [2.75, 3.05) is 13.1 Å². The lowest BCUT2D eigenvalue weighted by Crippen LogP contribution is -2.46. The molecule has 0 saturated carbocycles. The Kier molecular flexibility index (Phi) is 5.69. The van der Waals surface area contributed by atoms with E-state index in [4.69, 9.17) is 0 Å². The maximum absolute atomic E-state index is 12.7. The monoisotopic (exact) mass is 420 g/mol. The lowest BCUT2D eigenvalue weighted by molar-refractivity contribution is -0.384. The summed E-state index contributed by atoms with van der Waals surface area (Å²) in [6.45, 7) is 1.04. The van der Waals surface area contributed by atoms with E-state index >= 15 is 0 Å². The highest BCUT2D eigenvalue weighted by Gasteiger charge is 2.26. The van der Waals surface area contributed by atoms with Gasteiger partial charge in [0, 0.05) is 61.1 Å². The van der Waals surface area contributed by atoms with E-state index in [-0.39, 0.29) is 29.1 Å². The smallest absolute Gasteiger partial charge is 0.294 e. The molecule has 2 amide bonds. The molecular formula is C21H20N6O4. The largest absolute Gasteiger partial charge is 0.349 e. The van der Waals surface area contributed by atoms with Crippen molar-refractivity contribution in [1.29, 1.82) is 0 Å². The van der Waals surface area contributed by atoms with E-state index in [1.807, 2.05) is 0 Å². The van der Waals surface area contributed by atoms with Crippen LogP contribution in [0.25, 0.3) is 5.69 Å². The van der Waals surface area contributed by atoms with Gasteiger partial charge in [-0.3, -0.25) is 24.7 Å². The molecule has 4 rings (SSSR count). The van der Waals surface area contributed by atoms with Crippen molar-refractivity contribution in [2.24, 2.45) is 0 Å². The Morgan fingerprint density at radius 3 is 2.42 bits per heavy atom. The number of imidazole rings is 1. The van der Waals surface area contributed by atoms with Crippen LogP contribution >= 0.6 is 0 Å². The number of nitro groups is 1. The Morgan fingerprint density at radius 2 is 1.77 bits per heavy atom. The maximum atomic E-state index is 12.7. The molecule has 1 saturated heterocycles. The summed E-state index contributed by atoms with van der Waals surface area (Å²) in [5, 5.41) is 14.4. The third kappa shape index (κ3) is 4.42. The highest BCUT2D eigenvalue weighted by molar-refractivity contribution is 5.96. The van der Waals surface area contributed by atoms with Crippen molar-refractivity contribution in [3.8, 4) is 5.69 Å². The highest BCUT2D eigenvalue weighted by Crippen LogP contribution is 2.24. The fourth-order valence-corrected chi connectivity index (χ4v) is 3.60. The summed E-state index contributed by atoms with van der Waals surface area (Å²) >= 11 is 0. The van der Waals surface area contributed by atoms with Gasteiger partial charge >= 0.3 is 0 Å². The first-order chi connectivity index (χ1) is 15.0. The zero-order valence-electron chi connectivity index (χ0n) is 16.5. The van der Waals surface area contributed by atoms with E-state index in [1.54, 1.807) is 41.7 Å². The SMILES string of the molecule is O=C(NC1CCN(C(=O)c2ccncc2)CC1)c1ccc(-n2ccnc2)c([N+](=O)[O-])c1. The fraction of sp³-hybridized carbons (Fsp3) is 0.238. The lowest BCUT2D eigenvalue weighted by atomic mass is 10.0. The van der Waals surface area contributed by atoms with Crippen LogP contribution in [0.5, 0.6) is 0 Å². The van der Waals surface area contributed by atoms with Crippen molar-refractivity contribution in [1.82, 2.24) is 24.8 Å². The van der Waals surface area contributed by atoms with Crippen LogP contribution in [-0.4, -0.2) is 55.3 Å². The molecule has 2 aromatic heterocycles. The molecule has 0 aliphatic carbocycles. The minimum Gasteiger partial charge on any atom is -0.349 e. The number of likely N-dealkylation sites (tertiary alicyclic amines) is 1. The zero-order valence-corrected chi connectivity index (χ0v) is 16.5. The third-order valence-corrected chi connectivity index (χ3v) is 5.26. The van der Waals surface area contributed by atoms with Gasteiger partial charge in [0.1, 0.15) is 5.69 Å². The molecule has 1 aromatic carbocycles. The number of aromatic nitrogens is 3. The number of carbonyl (C=O) groups excluding carboxylic acids is 2. The van der Waals surface area contributed by atoms with E-state index in [9.17, 15) is 19.7 Å². The van der Waals surface area contributed by atoms with Gasteiger partial charge in [0.2, 0.25) is 0 Å². The first-order valence-electron chi connectivity index (χ1n) is 9.80. The predicted molar refractivity (Wildman–Crippen MR) is 111 cm³/mol. The molecule has 0 spiro atoms. The average Bonchev–Trinajstić information content (AvgIpc) is 3.34. The molecule has 1 fully saturated rings. The number of pyridine rings is 1. The quantitative estimate of drug-likeness (QED) is 0.499. The molecule has 0 bridgehead atoms. The molecule has 0 atom stereocenters. The van der Waals surface area contributed by atoms with Gasteiger partial charge in [-0.2, -0.15) is 0 Å². The Bertz CT molecular complexity index is 1090. The molecule has 10 heteroatoms. The van der Waals surface area contributed by atoms with Crippen LogP contribution in [0.1, 0.15) is 33.6 Å². The minimum atomic E-state index is -0.519. The lowest BCUT2D eigenvalue weighted by Gasteiger charge is -2.32. The number of hydrogen-bond donors (Lipinski definition) is 1. The van der Waals surface area contributed by atoms with Crippen LogP contribution in [0.3, 0.4) is 0 Å². The van der Waals surface area contributed by atoms with Gasteiger partial charge in [0.15, 0.2) is 0 Å². The van der Waals surface area contributed by atoms with Gasteiger partial charge in [-0.05, 0) is 37.1 Å². The number of carbonyl (C=O) groups is 2. The molecule has 1 N–H and O–H groups in total. The molecule has 0 radical (unpaired) electrons. The summed E-state index contributed by atoms with van der Waals surface area (Å²) in [7, 11) is 0. The predicted octanol–water partition coefficient (Wildman–Crippen LogP) is 2.21. The van der Waals surface area contributed by atoms with Crippen LogP contribution in [0, 0.1) is 10.1 Å². The average molecular weight is 420 g/mol. The van der Waals surface area contributed by atoms with Gasteiger partial charge in [-0.25, -0.2) is 4.98 Å². The van der Waals surface area contributed by atoms with E-state index < -0.39 is 4.92 Å². The van der Waals surface area contributed by atoms with Crippen LogP contribution in [0.4, 0.5) is 5.69 Å². The summed E-state index contributed by atoms with van der Waals surface area (Å²) in [6.07, 6.45) is 8.97. The highest BCUT2D eigenvalue weighted by atomic mass is 16.6. The van der Waals surface area contributed by atoms with Crippen molar-refractivity contribution < 1.29 is 14.5 Å². The van der Waals surface area contributed by atoms with Gasteiger partial charge in [-0.15, -0.1) is 0 Å². The van der Waals surface area contributed by atoms with Gasteiger partial charge in [0.05, 0.1) is 11.3 Å². The molecule has 3 heterocycles. The van der Waals surface area contributed by atoms with Crippen LogP contribution in [0.2, 0.25) is 0 Å². The molecule has 0 unspecified atom stereocenters. The summed E-state index contributed by atoms with van der Waals surface area (Å²) < 4.78 is 1.52. The van der Waals surface area contributed by atoms with E-state index in [1.165, 1.54) is 29.2 Å². The molecule has 10 nitrogen and oxygen atoms in total. The third-order valence-electron chi connectivity index (χ3n) is 5.26. The second-order valence-corrected chi connectivity index (χ2v) is 7.21. The maximum Gasteiger partial charge on any atom is 0.294 e. The number of rotatable bonds is 5. The number of benzene rings is 1. The second kappa shape index (κ2) is 8.74. The number of hydrogen-bond acceptors (Lipinski definition) is 6. The first-order valence-corrected chi connectivity index (χ1v) is 9.80. The second-order valence-electron chi connectivity index (χ2n) is 7.21. The molecule has 1 aliphatic rings. The Labute approximate surface area is 177 Å². The Balaban J connectivity index is 1.40. The van der Waals surface area contributed by atoms with Crippen molar-refractivity contribution >= 4 is 17.5 Å².